The number of nitrogens with one attached hydrogen (secondary N) is 2. The second-order valence-corrected chi connectivity index (χ2v) is 12.3. The zero-order chi connectivity index (χ0) is 34.1. The Bertz CT molecular complexity index is 1490. The molecule has 0 saturated carbocycles. The van der Waals surface area contributed by atoms with Crippen LogP contribution in [0.2, 0.25) is 0 Å². The highest BCUT2D eigenvalue weighted by atomic mass is 16.5. The minimum absolute atomic E-state index is 0.188. The fraction of sp³-hybridized carbons (Fsp3) is 0.486. The van der Waals surface area contributed by atoms with Crippen LogP contribution in [0, 0.1) is 19.8 Å². The molecule has 12 heteroatoms. The fourth-order valence-electron chi connectivity index (χ4n) is 5.47. The lowest BCUT2D eigenvalue weighted by Gasteiger charge is -2.35. The van der Waals surface area contributed by atoms with Gasteiger partial charge in [-0.25, -0.2) is 4.79 Å². The number of ether oxygens (including phenoxy) is 2. The van der Waals surface area contributed by atoms with Crippen molar-refractivity contribution in [2.45, 2.75) is 72.1 Å². The number of amides is 4. The summed E-state index contributed by atoms with van der Waals surface area (Å²) in [4.78, 5) is 43.6. The van der Waals surface area contributed by atoms with Gasteiger partial charge in [0.25, 0.3) is 11.8 Å². The fourth-order valence-corrected chi connectivity index (χ4v) is 5.47. The molecule has 0 radical (unpaired) electrons. The molecule has 2 heterocycles. The normalized spacial score (nSPS) is 19.9. The molecule has 4 rings (SSSR count). The Balaban J connectivity index is 1.60. The lowest BCUT2D eigenvalue weighted by molar-refractivity contribution is -0.0115. The van der Waals surface area contributed by atoms with Gasteiger partial charge in [-0.15, -0.1) is 0 Å². The first-order chi connectivity index (χ1) is 22.5. The number of urea groups is 1. The molecule has 0 fully saturated rings. The van der Waals surface area contributed by atoms with Gasteiger partial charge < -0.3 is 39.5 Å². The average molecular weight is 650 g/mol. The third kappa shape index (κ3) is 9.32. The zero-order valence-electron chi connectivity index (χ0n) is 28.1. The van der Waals surface area contributed by atoms with E-state index in [2.05, 4.69) is 15.8 Å². The number of fused-ring (bicyclic) bond motifs is 1. The van der Waals surface area contributed by atoms with E-state index < -0.39 is 12.1 Å². The van der Waals surface area contributed by atoms with E-state index in [0.717, 1.165) is 19.3 Å². The summed E-state index contributed by atoms with van der Waals surface area (Å²) in [6.45, 7) is 9.90. The van der Waals surface area contributed by atoms with Gasteiger partial charge in [-0.2, -0.15) is 0 Å². The molecule has 4 amide bonds. The highest BCUT2D eigenvalue weighted by Crippen LogP contribution is 2.29. The van der Waals surface area contributed by atoms with Crippen molar-refractivity contribution in [3.05, 3.63) is 71.1 Å². The number of anilines is 2. The van der Waals surface area contributed by atoms with Gasteiger partial charge in [0, 0.05) is 43.9 Å². The molecule has 3 aromatic rings. The van der Waals surface area contributed by atoms with E-state index >= 15 is 0 Å². The summed E-state index contributed by atoms with van der Waals surface area (Å²) in [5.74, 6) is 0.0416. The van der Waals surface area contributed by atoms with Gasteiger partial charge >= 0.3 is 6.03 Å². The van der Waals surface area contributed by atoms with E-state index in [1.165, 1.54) is 0 Å². The summed E-state index contributed by atoms with van der Waals surface area (Å²) < 4.78 is 17.8. The predicted molar refractivity (Wildman–Crippen MR) is 179 cm³/mol. The molecule has 0 aliphatic carbocycles. The molecule has 1 aliphatic heterocycles. The van der Waals surface area contributed by atoms with E-state index in [1.54, 1.807) is 80.1 Å². The lowest BCUT2D eigenvalue weighted by Crippen LogP contribution is -2.48. The van der Waals surface area contributed by atoms with Crippen molar-refractivity contribution in [1.29, 1.82) is 0 Å². The van der Waals surface area contributed by atoms with Crippen LogP contribution in [0.15, 0.2) is 53.1 Å². The molecule has 2 aromatic carbocycles. The van der Waals surface area contributed by atoms with Gasteiger partial charge in [0.2, 0.25) is 0 Å². The van der Waals surface area contributed by atoms with Gasteiger partial charge in [0.1, 0.15) is 17.1 Å². The molecular formula is C35H47N5O7. The standard InChI is InChI=1S/C35H47N5O7/c1-22-19-40(23(2)21-41)34(43)29-18-28(36-33(42)27-13-8-7-9-14-27)15-16-30(29)46-24(3)12-10-11-17-45-31(22)20-39(6)35(44)37-32-25(4)38-47-26(32)5/h7-9,13-16,18,22-24,31,41H,10-12,17,19-21H2,1-6H3,(H,36,42)(H,37,44)/t22-,23+,24+,31-/m1/s1. The number of hydrogen-bond donors (Lipinski definition) is 3. The van der Waals surface area contributed by atoms with Crippen LogP contribution in [-0.2, 0) is 4.74 Å². The molecule has 0 unspecified atom stereocenters. The summed E-state index contributed by atoms with van der Waals surface area (Å²) in [6, 6.07) is 13.0. The number of aliphatic hydroxyl groups is 1. The topological polar surface area (TPSA) is 146 Å². The predicted octanol–water partition coefficient (Wildman–Crippen LogP) is 5.50. The van der Waals surface area contributed by atoms with Crippen molar-refractivity contribution >= 4 is 29.2 Å². The van der Waals surface area contributed by atoms with Crippen LogP contribution in [0.1, 0.15) is 72.2 Å². The van der Waals surface area contributed by atoms with E-state index in [9.17, 15) is 19.5 Å². The average Bonchev–Trinajstić information content (AvgIpc) is 3.38. The van der Waals surface area contributed by atoms with E-state index in [0.29, 0.717) is 40.7 Å². The first-order valence-corrected chi connectivity index (χ1v) is 16.1. The molecule has 4 atom stereocenters. The van der Waals surface area contributed by atoms with Gasteiger partial charge in [-0.3, -0.25) is 9.59 Å². The van der Waals surface area contributed by atoms with Crippen LogP contribution >= 0.6 is 0 Å². The lowest BCUT2D eigenvalue weighted by atomic mass is 10.0. The Kier molecular flexibility index (Phi) is 12.4. The Morgan fingerprint density at radius 3 is 2.53 bits per heavy atom. The quantitative estimate of drug-likeness (QED) is 0.304. The van der Waals surface area contributed by atoms with Crippen LogP contribution in [0.5, 0.6) is 5.75 Å². The molecule has 3 N–H and O–H groups in total. The van der Waals surface area contributed by atoms with Crippen LogP contribution in [0.3, 0.4) is 0 Å². The monoisotopic (exact) mass is 649 g/mol. The number of hydrogen-bond acceptors (Lipinski definition) is 8. The number of nitrogens with zero attached hydrogens (tertiary/aromatic N) is 3. The molecule has 0 saturated heterocycles. The van der Waals surface area contributed by atoms with Crippen molar-refractivity contribution in [3.63, 3.8) is 0 Å². The summed E-state index contributed by atoms with van der Waals surface area (Å²) in [5, 5.41) is 19.9. The number of benzene rings is 2. The van der Waals surface area contributed by atoms with Crippen molar-refractivity contribution in [1.82, 2.24) is 15.0 Å². The van der Waals surface area contributed by atoms with Crippen LogP contribution in [0.4, 0.5) is 16.2 Å². The number of aryl methyl sites for hydroxylation is 2. The highest BCUT2D eigenvalue weighted by molar-refractivity contribution is 6.05. The van der Waals surface area contributed by atoms with E-state index in [1.807, 2.05) is 19.9 Å². The Hall–Kier alpha value is -4.42. The largest absolute Gasteiger partial charge is 0.490 e. The molecule has 254 valence electrons. The third-order valence-corrected chi connectivity index (χ3v) is 8.41. The van der Waals surface area contributed by atoms with Gasteiger partial charge in [0.15, 0.2) is 5.76 Å². The Morgan fingerprint density at radius 1 is 1.11 bits per heavy atom. The first kappa shape index (κ1) is 35.4. The van der Waals surface area contributed by atoms with Crippen LogP contribution in [0.25, 0.3) is 0 Å². The minimum atomic E-state index is -0.535. The molecular weight excluding hydrogens is 602 g/mol. The number of carbonyl (C=O) groups is 3. The smallest absolute Gasteiger partial charge is 0.321 e. The number of carbonyl (C=O) groups excluding carboxylic acids is 3. The third-order valence-electron chi connectivity index (χ3n) is 8.41. The number of likely N-dealkylation sites (N-methyl/N-ethyl adjacent to an activating group) is 1. The van der Waals surface area contributed by atoms with Gasteiger partial charge in [-0.1, -0.05) is 30.3 Å². The van der Waals surface area contributed by atoms with Crippen molar-refractivity contribution in [2.24, 2.45) is 5.92 Å². The Labute approximate surface area is 276 Å². The Morgan fingerprint density at radius 2 is 1.85 bits per heavy atom. The summed E-state index contributed by atoms with van der Waals surface area (Å²) in [6.07, 6.45) is 1.77. The highest BCUT2D eigenvalue weighted by Gasteiger charge is 2.31. The second kappa shape index (κ2) is 16.4. The molecule has 1 aliphatic rings. The van der Waals surface area contributed by atoms with Crippen LogP contribution in [-0.4, -0.2) is 89.5 Å². The number of rotatable bonds is 7. The van der Waals surface area contributed by atoms with Gasteiger partial charge in [-0.05, 0) is 77.3 Å². The van der Waals surface area contributed by atoms with Crippen LogP contribution < -0.4 is 15.4 Å². The van der Waals surface area contributed by atoms with E-state index in [-0.39, 0.29) is 55.1 Å². The summed E-state index contributed by atoms with van der Waals surface area (Å²) >= 11 is 0. The maximum absolute atomic E-state index is 14.3. The maximum atomic E-state index is 14.3. The van der Waals surface area contributed by atoms with Crippen molar-refractivity contribution in [2.75, 3.05) is 44.0 Å². The number of aliphatic hydroxyl groups excluding tert-OH is 1. The molecule has 0 bridgehead atoms. The van der Waals surface area contributed by atoms with Gasteiger partial charge in [0.05, 0.1) is 30.4 Å². The molecule has 1 aromatic heterocycles. The molecule has 0 spiro atoms. The maximum Gasteiger partial charge on any atom is 0.321 e. The van der Waals surface area contributed by atoms with Crippen molar-refractivity contribution in [3.8, 4) is 5.75 Å². The first-order valence-electron chi connectivity index (χ1n) is 16.1. The molecule has 12 nitrogen and oxygen atoms in total. The van der Waals surface area contributed by atoms with E-state index in [4.69, 9.17) is 14.0 Å². The summed E-state index contributed by atoms with van der Waals surface area (Å²) in [5.41, 5.74) is 2.33. The van der Waals surface area contributed by atoms with Crippen molar-refractivity contribution < 1.29 is 33.5 Å². The number of aromatic nitrogens is 1. The second-order valence-electron chi connectivity index (χ2n) is 12.3. The molecule has 47 heavy (non-hydrogen) atoms. The minimum Gasteiger partial charge on any atom is -0.490 e. The summed E-state index contributed by atoms with van der Waals surface area (Å²) in [7, 11) is 1.69. The SMILES string of the molecule is Cc1noc(C)c1NC(=O)N(C)C[C@H]1OCCCC[C@H](C)Oc2ccc(NC(=O)c3ccccc3)cc2C(=O)N([C@@H](C)CO)C[C@H]1C. The zero-order valence-corrected chi connectivity index (χ0v) is 28.1.